The Balaban J connectivity index is 1.97. The van der Waals surface area contributed by atoms with Crippen LogP contribution in [-0.2, 0) is 9.53 Å². The van der Waals surface area contributed by atoms with Crippen LogP contribution < -0.4 is 5.32 Å². The minimum Gasteiger partial charge on any atom is -0.380 e. The monoisotopic (exact) mass is 270 g/mol. The number of nitrogens with zero attached hydrogens (tertiary/aromatic N) is 1. The van der Waals surface area contributed by atoms with Gasteiger partial charge in [0.1, 0.15) is 0 Å². The summed E-state index contributed by atoms with van der Waals surface area (Å²) in [6, 6.07) is 0. The molecule has 4 heteroatoms. The van der Waals surface area contributed by atoms with Gasteiger partial charge < -0.3 is 15.0 Å². The molecule has 0 aliphatic carbocycles. The molecule has 1 heterocycles. The Labute approximate surface area is 117 Å². The molecule has 0 aromatic heterocycles. The number of carbonyl (C=O) groups excluding carboxylic acids is 1. The van der Waals surface area contributed by atoms with Crippen LogP contribution in [0.1, 0.15) is 46.0 Å². The van der Waals surface area contributed by atoms with E-state index in [-0.39, 0.29) is 5.91 Å². The smallest absolute Gasteiger partial charge is 0.236 e. The number of amides is 1. The summed E-state index contributed by atoms with van der Waals surface area (Å²) in [6.07, 6.45) is 5.95. The topological polar surface area (TPSA) is 41.6 Å². The molecular weight excluding hydrogens is 240 g/mol. The minimum atomic E-state index is 0.240. The summed E-state index contributed by atoms with van der Waals surface area (Å²) in [6.45, 7) is 8.99. The maximum atomic E-state index is 12.0. The first-order valence-electron chi connectivity index (χ1n) is 7.76. The van der Waals surface area contributed by atoms with Gasteiger partial charge >= 0.3 is 0 Å². The highest BCUT2D eigenvalue weighted by molar-refractivity contribution is 5.78. The van der Waals surface area contributed by atoms with Crippen molar-refractivity contribution < 1.29 is 9.53 Å². The fourth-order valence-electron chi connectivity index (χ4n) is 2.19. The second kappa shape index (κ2) is 10.2. The van der Waals surface area contributed by atoms with Crippen molar-refractivity contribution in [2.24, 2.45) is 5.92 Å². The Kier molecular flexibility index (Phi) is 8.84. The Morgan fingerprint density at radius 1 is 1.16 bits per heavy atom. The van der Waals surface area contributed by atoms with Crippen LogP contribution in [0, 0.1) is 5.92 Å². The zero-order valence-electron chi connectivity index (χ0n) is 12.6. The van der Waals surface area contributed by atoms with Gasteiger partial charge in [0.2, 0.25) is 5.91 Å². The van der Waals surface area contributed by atoms with Crippen molar-refractivity contribution in [1.82, 2.24) is 10.2 Å². The number of rotatable bonds is 8. The molecule has 1 saturated heterocycles. The maximum Gasteiger partial charge on any atom is 0.236 e. The lowest BCUT2D eigenvalue weighted by molar-refractivity contribution is -0.130. The van der Waals surface area contributed by atoms with Gasteiger partial charge in [-0.25, -0.2) is 0 Å². The highest BCUT2D eigenvalue weighted by Gasteiger charge is 2.14. The van der Waals surface area contributed by atoms with Gasteiger partial charge in [0.15, 0.2) is 0 Å². The van der Waals surface area contributed by atoms with Crippen molar-refractivity contribution in [3.8, 4) is 0 Å². The third-order valence-corrected chi connectivity index (χ3v) is 3.50. The predicted molar refractivity (Wildman–Crippen MR) is 78.2 cm³/mol. The fourth-order valence-corrected chi connectivity index (χ4v) is 2.19. The lowest BCUT2D eigenvalue weighted by Crippen LogP contribution is -2.39. The molecule has 0 aromatic rings. The van der Waals surface area contributed by atoms with Crippen LogP contribution in [0.4, 0.5) is 0 Å². The van der Waals surface area contributed by atoms with Gasteiger partial charge in [-0.05, 0) is 25.2 Å². The van der Waals surface area contributed by atoms with Crippen LogP contribution in [-0.4, -0.2) is 50.2 Å². The number of hydrogen-bond donors (Lipinski definition) is 1. The van der Waals surface area contributed by atoms with Crippen LogP contribution in [0.25, 0.3) is 0 Å². The van der Waals surface area contributed by atoms with Gasteiger partial charge in [0.25, 0.3) is 0 Å². The summed E-state index contributed by atoms with van der Waals surface area (Å²) < 4.78 is 5.50. The summed E-state index contributed by atoms with van der Waals surface area (Å²) in [7, 11) is 0. The van der Waals surface area contributed by atoms with Crippen LogP contribution in [0.15, 0.2) is 0 Å². The van der Waals surface area contributed by atoms with Crippen molar-refractivity contribution in [2.45, 2.75) is 46.0 Å². The quantitative estimate of drug-likeness (QED) is 0.686. The summed E-state index contributed by atoms with van der Waals surface area (Å²) in [4.78, 5) is 14.0. The summed E-state index contributed by atoms with van der Waals surface area (Å²) in [5.41, 5.74) is 0. The fraction of sp³-hybridized carbons (Fsp3) is 0.933. The van der Waals surface area contributed by atoms with Crippen molar-refractivity contribution in [2.75, 3.05) is 39.4 Å². The molecule has 0 aromatic carbocycles. The van der Waals surface area contributed by atoms with Gasteiger partial charge in [0.05, 0.1) is 13.2 Å². The number of likely N-dealkylation sites (tertiary alicyclic amines) is 1. The van der Waals surface area contributed by atoms with Gasteiger partial charge in [-0.1, -0.05) is 26.7 Å². The van der Waals surface area contributed by atoms with E-state index in [0.29, 0.717) is 19.1 Å². The summed E-state index contributed by atoms with van der Waals surface area (Å²) >= 11 is 0. The van der Waals surface area contributed by atoms with Crippen molar-refractivity contribution >= 4 is 5.91 Å². The van der Waals surface area contributed by atoms with E-state index in [4.69, 9.17) is 4.74 Å². The highest BCUT2D eigenvalue weighted by atomic mass is 16.5. The van der Waals surface area contributed by atoms with Gasteiger partial charge in [-0.3, -0.25) is 4.79 Å². The first-order valence-corrected chi connectivity index (χ1v) is 7.76. The standard InChI is InChI=1S/C15H30N2O2/c1-14(2)7-11-19-12-8-16-13-15(18)17-9-5-3-4-6-10-17/h14,16H,3-13H2,1-2H3. The van der Waals surface area contributed by atoms with Gasteiger partial charge in [-0.2, -0.15) is 0 Å². The molecule has 1 aliphatic rings. The molecule has 4 nitrogen and oxygen atoms in total. The number of nitrogens with one attached hydrogen (secondary N) is 1. The molecule has 1 fully saturated rings. The molecule has 0 spiro atoms. The maximum absolute atomic E-state index is 12.0. The van der Waals surface area contributed by atoms with Crippen molar-refractivity contribution in [1.29, 1.82) is 0 Å². The highest BCUT2D eigenvalue weighted by Crippen LogP contribution is 2.09. The zero-order valence-corrected chi connectivity index (χ0v) is 12.6. The molecule has 0 atom stereocenters. The Morgan fingerprint density at radius 2 is 1.84 bits per heavy atom. The molecule has 1 amide bonds. The van der Waals surface area contributed by atoms with Gasteiger partial charge in [-0.15, -0.1) is 0 Å². The Bertz CT molecular complexity index is 236. The summed E-state index contributed by atoms with van der Waals surface area (Å²) in [5.74, 6) is 0.932. The molecule has 0 bridgehead atoms. The Hall–Kier alpha value is -0.610. The predicted octanol–water partition coefficient (Wildman–Crippen LogP) is 2.04. The van der Waals surface area contributed by atoms with E-state index >= 15 is 0 Å². The summed E-state index contributed by atoms with van der Waals surface area (Å²) in [5, 5.41) is 3.17. The molecule has 0 radical (unpaired) electrons. The molecular formula is C15H30N2O2. The van der Waals surface area contributed by atoms with E-state index < -0.39 is 0 Å². The average Bonchev–Trinajstić information content (AvgIpc) is 2.66. The largest absolute Gasteiger partial charge is 0.380 e. The van der Waals surface area contributed by atoms with Crippen molar-refractivity contribution in [3.63, 3.8) is 0 Å². The Morgan fingerprint density at radius 3 is 2.47 bits per heavy atom. The normalized spacial score (nSPS) is 16.7. The second-order valence-electron chi connectivity index (χ2n) is 5.77. The average molecular weight is 270 g/mol. The molecule has 1 N–H and O–H groups in total. The van der Waals surface area contributed by atoms with E-state index in [1.54, 1.807) is 0 Å². The van der Waals surface area contributed by atoms with Crippen molar-refractivity contribution in [3.05, 3.63) is 0 Å². The lowest BCUT2D eigenvalue weighted by atomic mass is 10.1. The van der Waals surface area contributed by atoms with Crippen LogP contribution in [0.3, 0.4) is 0 Å². The first kappa shape index (κ1) is 16.4. The molecule has 19 heavy (non-hydrogen) atoms. The number of ether oxygens (including phenoxy) is 1. The number of hydrogen-bond acceptors (Lipinski definition) is 3. The molecule has 112 valence electrons. The molecule has 0 saturated carbocycles. The van der Waals surface area contributed by atoms with E-state index in [2.05, 4.69) is 19.2 Å². The van der Waals surface area contributed by atoms with E-state index in [1.165, 1.54) is 12.8 Å². The first-order chi connectivity index (χ1) is 9.20. The van der Waals surface area contributed by atoms with Crippen LogP contribution >= 0.6 is 0 Å². The van der Waals surface area contributed by atoms with Crippen LogP contribution in [0.2, 0.25) is 0 Å². The van der Waals surface area contributed by atoms with Crippen LogP contribution in [0.5, 0.6) is 0 Å². The molecule has 0 unspecified atom stereocenters. The zero-order chi connectivity index (χ0) is 13.9. The van der Waals surface area contributed by atoms with E-state index in [1.807, 2.05) is 4.90 Å². The van der Waals surface area contributed by atoms with Gasteiger partial charge in [0, 0.05) is 26.2 Å². The number of carbonyl (C=O) groups is 1. The van der Waals surface area contributed by atoms with E-state index in [9.17, 15) is 4.79 Å². The lowest BCUT2D eigenvalue weighted by Gasteiger charge is -2.20. The minimum absolute atomic E-state index is 0.240. The van der Waals surface area contributed by atoms with E-state index in [0.717, 1.165) is 45.5 Å². The third-order valence-electron chi connectivity index (χ3n) is 3.50. The molecule has 1 aliphatic heterocycles. The third kappa shape index (κ3) is 8.22. The second-order valence-corrected chi connectivity index (χ2v) is 5.77. The molecule has 1 rings (SSSR count). The SMILES string of the molecule is CC(C)CCOCCNCC(=O)N1CCCCCC1.